The zero-order chi connectivity index (χ0) is 11.7. The Morgan fingerprint density at radius 2 is 2.38 bits per heavy atom. The Morgan fingerprint density at radius 1 is 1.62 bits per heavy atom. The minimum absolute atomic E-state index is 0.178. The third kappa shape index (κ3) is 1.96. The number of aliphatic carboxylic acids is 1. The second-order valence-electron chi connectivity index (χ2n) is 4.56. The lowest BCUT2D eigenvalue weighted by Crippen LogP contribution is -2.16. The number of rotatable bonds is 3. The zero-order valence-electron chi connectivity index (χ0n) is 9.86. The maximum atomic E-state index is 10.6. The lowest BCUT2D eigenvalue weighted by molar-refractivity contribution is -0.136. The molecule has 1 unspecified atom stereocenters. The quantitative estimate of drug-likeness (QED) is 0.852. The van der Waals surface area contributed by atoms with Crippen LogP contribution in [0.3, 0.4) is 0 Å². The van der Waals surface area contributed by atoms with Gasteiger partial charge in [0.2, 0.25) is 0 Å². The van der Waals surface area contributed by atoms with Crippen molar-refractivity contribution in [1.29, 1.82) is 0 Å². The van der Waals surface area contributed by atoms with Crippen molar-refractivity contribution >= 4 is 5.97 Å². The van der Waals surface area contributed by atoms with Gasteiger partial charge in [0, 0.05) is 18.2 Å². The first-order valence-corrected chi connectivity index (χ1v) is 5.88. The summed E-state index contributed by atoms with van der Waals surface area (Å²) in [7, 11) is 0. The first kappa shape index (κ1) is 11.2. The Morgan fingerprint density at radius 3 is 3.06 bits per heavy atom. The lowest BCUT2D eigenvalue weighted by atomic mass is 10.0. The normalized spacial score (nSPS) is 19.5. The lowest BCUT2D eigenvalue weighted by Gasteiger charge is -2.23. The minimum atomic E-state index is -0.747. The Labute approximate surface area is 95.3 Å². The third-order valence-corrected chi connectivity index (χ3v) is 3.32. The van der Waals surface area contributed by atoms with Crippen molar-refractivity contribution in [1.82, 2.24) is 9.55 Å². The number of carboxylic acid groups (broad SMARTS) is 1. The van der Waals surface area contributed by atoms with Crippen LogP contribution in [-0.4, -0.2) is 20.6 Å². The molecule has 2 heterocycles. The number of nitrogens with zero attached hydrogens (tertiary/aromatic N) is 2. The molecule has 16 heavy (non-hydrogen) atoms. The smallest absolute Gasteiger partial charge is 0.303 e. The summed E-state index contributed by atoms with van der Waals surface area (Å²) in [6.07, 6.45) is 4.16. The highest BCUT2D eigenvalue weighted by Gasteiger charge is 2.22. The number of aromatic nitrogens is 2. The molecule has 1 atom stereocenters. The van der Waals surface area contributed by atoms with Crippen LogP contribution in [0.5, 0.6) is 0 Å². The molecule has 88 valence electrons. The van der Waals surface area contributed by atoms with Crippen LogP contribution in [0.15, 0.2) is 0 Å². The highest BCUT2D eigenvalue weighted by Crippen LogP contribution is 2.28. The molecule has 4 heteroatoms. The molecule has 0 aromatic carbocycles. The van der Waals surface area contributed by atoms with Gasteiger partial charge in [0.05, 0.1) is 12.1 Å². The Balaban J connectivity index is 2.26. The summed E-state index contributed by atoms with van der Waals surface area (Å²) in [6, 6.07) is 0.509. The SMILES string of the molecule is Cc1nc(CCC(=O)O)c2n1C(C)CCC2. The molecule has 1 aliphatic rings. The van der Waals surface area contributed by atoms with Gasteiger partial charge in [-0.25, -0.2) is 4.98 Å². The van der Waals surface area contributed by atoms with Crippen LogP contribution in [0, 0.1) is 6.92 Å². The fraction of sp³-hybridized carbons (Fsp3) is 0.667. The predicted molar refractivity (Wildman–Crippen MR) is 60.6 cm³/mol. The molecule has 1 aromatic rings. The molecule has 0 fully saturated rings. The van der Waals surface area contributed by atoms with Crippen molar-refractivity contribution in [2.75, 3.05) is 0 Å². The second kappa shape index (κ2) is 4.28. The zero-order valence-corrected chi connectivity index (χ0v) is 9.86. The van der Waals surface area contributed by atoms with E-state index in [1.54, 1.807) is 0 Å². The van der Waals surface area contributed by atoms with Crippen LogP contribution in [-0.2, 0) is 17.6 Å². The van der Waals surface area contributed by atoms with Crippen molar-refractivity contribution in [2.45, 2.75) is 52.0 Å². The molecule has 0 aliphatic carbocycles. The van der Waals surface area contributed by atoms with E-state index in [2.05, 4.69) is 16.5 Å². The van der Waals surface area contributed by atoms with Crippen LogP contribution in [0.2, 0.25) is 0 Å². The molecule has 0 spiro atoms. The highest BCUT2D eigenvalue weighted by molar-refractivity contribution is 5.67. The number of fused-ring (bicyclic) bond motifs is 1. The van der Waals surface area contributed by atoms with E-state index in [9.17, 15) is 4.79 Å². The van der Waals surface area contributed by atoms with Gasteiger partial charge in [-0.1, -0.05) is 0 Å². The summed E-state index contributed by atoms with van der Waals surface area (Å²) in [5, 5.41) is 8.70. The molecule has 0 amide bonds. The molecule has 0 bridgehead atoms. The van der Waals surface area contributed by atoms with E-state index in [0.29, 0.717) is 12.5 Å². The van der Waals surface area contributed by atoms with Gasteiger partial charge in [0.25, 0.3) is 0 Å². The van der Waals surface area contributed by atoms with Crippen LogP contribution in [0.1, 0.15) is 49.4 Å². The number of aryl methyl sites for hydroxylation is 2. The molecule has 0 saturated carbocycles. The topological polar surface area (TPSA) is 55.1 Å². The minimum Gasteiger partial charge on any atom is -0.481 e. The van der Waals surface area contributed by atoms with Crippen molar-refractivity contribution in [3.8, 4) is 0 Å². The van der Waals surface area contributed by atoms with Crippen molar-refractivity contribution in [3.63, 3.8) is 0 Å². The van der Waals surface area contributed by atoms with Gasteiger partial charge in [0.1, 0.15) is 5.82 Å². The van der Waals surface area contributed by atoms with Gasteiger partial charge in [0.15, 0.2) is 0 Å². The third-order valence-electron chi connectivity index (χ3n) is 3.32. The van der Waals surface area contributed by atoms with Crippen LogP contribution in [0.25, 0.3) is 0 Å². The monoisotopic (exact) mass is 222 g/mol. The van der Waals surface area contributed by atoms with Crippen LogP contribution >= 0.6 is 0 Å². The van der Waals surface area contributed by atoms with Gasteiger partial charge in [-0.3, -0.25) is 4.79 Å². The van der Waals surface area contributed by atoms with E-state index in [4.69, 9.17) is 5.11 Å². The number of hydrogen-bond donors (Lipinski definition) is 1. The summed E-state index contributed by atoms with van der Waals surface area (Å²) in [6.45, 7) is 4.22. The number of hydrogen-bond acceptors (Lipinski definition) is 2. The summed E-state index contributed by atoms with van der Waals surface area (Å²) in [5.41, 5.74) is 2.25. The molecule has 0 saturated heterocycles. The summed E-state index contributed by atoms with van der Waals surface area (Å²) in [5.74, 6) is 0.283. The maximum Gasteiger partial charge on any atom is 0.303 e. The summed E-state index contributed by atoms with van der Waals surface area (Å²) >= 11 is 0. The highest BCUT2D eigenvalue weighted by atomic mass is 16.4. The van der Waals surface area contributed by atoms with Crippen LogP contribution in [0.4, 0.5) is 0 Å². The Kier molecular flexibility index (Phi) is 2.99. The Hall–Kier alpha value is -1.32. The van der Waals surface area contributed by atoms with E-state index in [1.807, 2.05) is 6.92 Å². The van der Waals surface area contributed by atoms with E-state index < -0.39 is 5.97 Å². The average molecular weight is 222 g/mol. The van der Waals surface area contributed by atoms with E-state index >= 15 is 0 Å². The fourth-order valence-electron chi connectivity index (χ4n) is 2.62. The Bertz CT molecular complexity index is 409. The average Bonchev–Trinajstić information content (AvgIpc) is 2.54. The van der Waals surface area contributed by atoms with Gasteiger partial charge in [-0.05, 0) is 33.1 Å². The molecule has 0 radical (unpaired) electrons. The molecule has 1 aliphatic heterocycles. The van der Waals surface area contributed by atoms with Crippen molar-refractivity contribution in [2.24, 2.45) is 0 Å². The largest absolute Gasteiger partial charge is 0.481 e. The first-order valence-electron chi connectivity index (χ1n) is 5.88. The van der Waals surface area contributed by atoms with E-state index in [0.717, 1.165) is 17.9 Å². The molecular weight excluding hydrogens is 204 g/mol. The van der Waals surface area contributed by atoms with Crippen molar-refractivity contribution in [3.05, 3.63) is 17.2 Å². The molecule has 1 N–H and O–H groups in total. The van der Waals surface area contributed by atoms with Gasteiger partial charge >= 0.3 is 5.97 Å². The molecular formula is C12H18N2O2. The predicted octanol–water partition coefficient (Wildman–Crippen LogP) is 2.11. The van der Waals surface area contributed by atoms with Gasteiger partial charge in [-0.2, -0.15) is 0 Å². The number of imidazole rings is 1. The van der Waals surface area contributed by atoms with Crippen molar-refractivity contribution < 1.29 is 9.90 Å². The second-order valence-corrected chi connectivity index (χ2v) is 4.56. The summed E-state index contributed by atoms with van der Waals surface area (Å²) in [4.78, 5) is 15.1. The van der Waals surface area contributed by atoms with Gasteiger partial charge < -0.3 is 9.67 Å². The fourth-order valence-corrected chi connectivity index (χ4v) is 2.62. The maximum absolute atomic E-state index is 10.6. The standard InChI is InChI=1S/C12H18N2O2/c1-8-4-3-5-11-10(6-7-12(15)16)13-9(2)14(8)11/h8H,3-7H2,1-2H3,(H,15,16). The number of carbonyl (C=O) groups is 1. The molecule has 1 aromatic heterocycles. The van der Waals surface area contributed by atoms with Crippen LogP contribution < -0.4 is 0 Å². The van der Waals surface area contributed by atoms with Gasteiger partial charge in [-0.15, -0.1) is 0 Å². The van der Waals surface area contributed by atoms with E-state index in [1.165, 1.54) is 18.5 Å². The van der Waals surface area contributed by atoms with E-state index in [-0.39, 0.29) is 6.42 Å². The first-order chi connectivity index (χ1) is 7.59. The number of carboxylic acids is 1. The molecule has 2 rings (SSSR count). The summed E-state index contributed by atoms with van der Waals surface area (Å²) < 4.78 is 2.28. The molecule has 4 nitrogen and oxygen atoms in total.